The van der Waals surface area contributed by atoms with Crippen LogP contribution in [-0.4, -0.2) is 20.0 Å². The summed E-state index contributed by atoms with van der Waals surface area (Å²) in [6.07, 6.45) is 3.42. The topological polar surface area (TPSA) is 43.6 Å². The molecular weight excluding hydrogens is 128 g/mol. The lowest BCUT2D eigenvalue weighted by molar-refractivity contribution is 0.736. The average molecular weight is 134 g/mol. The van der Waals surface area contributed by atoms with Gasteiger partial charge in [-0.1, -0.05) is 5.21 Å². The minimum absolute atomic E-state index is 0.838. The summed E-state index contributed by atoms with van der Waals surface area (Å²) in [6.45, 7) is 0. The number of pyridine rings is 1. The second-order valence-electron chi connectivity index (χ2n) is 2.08. The predicted molar refractivity (Wildman–Crippen MR) is 36.3 cm³/mol. The first kappa shape index (κ1) is 5.34. The van der Waals surface area contributed by atoms with Crippen LogP contribution in [0.15, 0.2) is 18.5 Å². The molecule has 50 valence electrons. The molecule has 0 bridgehead atoms. The summed E-state index contributed by atoms with van der Waals surface area (Å²) in [4.78, 5) is 3.91. The highest BCUT2D eigenvalue weighted by molar-refractivity contribution is 5.72. The smallest absolute Gasteiger partial charge is 0.131 e. The minimum Gasteiger partial charge on any atom is -0.262 e. The molecule has 0 fully saturated rings. The molecule has 0 aromatic carbocycles. The third-order valence-electron chi connectivity index (χ3n) is 1.41. The molecule has 0 N–H and O–H groups in total. The standard InChI is InChI=1S/C6H6N4/c1-10-6-2-3-7-4-5(6)8-9-10/h2-4H,1H3. The molecule has 4 heteroatoms. The van der Waals surface area contributed by atoms with E-state index in [-0.39, 0.29) is 0 Å². The fraction of sp³-hybridized carbons (Fsp3) is 0.167. The average Bonchev–Trinajstić information content (AvgIpc) is 2.34. The van der Waals surface area contributed by atoms with Gasteiger partial charge in [0.25, 0.3) is 0 Å². The van der Waals surface area contributed by atoms with E-state index in [1.165, 1.54) is 0 Å². The highest BCUT2D eigenvalue weighted by atomic mass is 15.4. The molecule has 2 aromatic heterocycles. The van der Waals surface area contributed by atoms with Gasteiger partial charge in [-0.3, -0.25) is 4.98 Å². The van der Waals surface area contributed by atoms with Gasteiger partial charge in [-0.15, -0.1) is 5.10 Å². The lowest BCUT2D eigenvalue weighted by Gasteiger charge is -1.86. The van der Waals surface area contributed by atoms with Crippen molar-refractivity contribution in [2.45, 2.75) is 0 Å². The lowest BCUT2D eigenvalue weighted by atomic mass is 10.4. The van der Waals surface area contributed by atoms with Gasteiger partial charge >= 0.3 is 0 Å². The zero-order chi connectivity index (χ0) is 6.97. The first-order valence-corrected chi connectivity index (χ1v) is 2.97. The molecule has 0 radical (unpaired) electrons. The van der Waals surface area contributed by atoms with Crippen molar-refractivity contribution in [3.05, 3.63) is 18.5 Å². The summed E-state index contributed by atoms with van der Waals surface area (Å²) in [5, 5.41) is 7.69. The summed E-state index contributed by atoms with van der Waals surface area (Å²) in [7, 11) is 1.86. The zero-order valence-corrected chi connectivity index (χ0v) is 5.52. The van der Waals surface area contributed by atoms with Crippen molar-refractivity contribution in [3.63, 3.8) is 0 Å². The highest BCUT2D eigenvalue weighted by Crippen LogP contribution is 2.04. The van der Waals surface area contributed by atoms with E-state index in [1.807, 2.05) is 13.1 Å². The van der Waals surface area contributed by atoms with Crippen LogP contribution in [0.1, 0.15) is 0 Å². The molecule has 10 heavy (non-hydrogen) atoms. The number of fused-ring (bicyclic) bond motifs is 1. The van der Waals surface area contributed by atoms with Crippen molar-refractivity contribution < 1.29 is 0 Å². The molecule has 2 aromatic rings. The van der Waals surface area contributed by atoms with Gasteiger partial charge in [-0.05, 0) is 6.07 Å². The Labute approximate surface area is 57.5 Å². The van der Waals surface area contributed by atoms with Gasteiger partial charge in [0.05, 0.1) is 11.7 Å². The van der Waals surface area contributed by atoms with Crippen LogP contribution < -0.4 is 0 Å². The molecule has 0 amide bonds. The monoisotopic (exact) mass is 134 g/mol. The quantitative estimate of drug-likeness (QED) is 0.522. The van der Waals surface area contributed by atoms with Gasteiger partial charge in [-0.2, -0.15) is 0 Å². The molecule has 0 aliphatic carbocycles. The van der Waals surface area contributed by atoms with Crippen molar-refractivity contribution >= 4 is 11.0 Å². The first-order valence-electron chi connectivity index (χ1n) is 2.97. The molecule has 0 aliphatic rings. The molecule has 0 aliphatic heterocycles. The zero-order valence-electron chi connectivity index (χ0n) is 5.52. The second-order valence-corrected chi connectivity index (χ2v) is 2.08. The largest absolute Gasteiger partial charge is 0.262 e. The van der Waals surface area contributed by atoms with E-state index < -0.39 is 0 Å². The van der Waals surface area contributed by atoms with E-state index in [4.69, 9.17) is 0 Å². The molecule has 0 saturated heterocycles. The van der Waals surface area contributed by atoms with Crippen LogP contribution in [0.5, 0.6) is 0 Å². The van der Waals surface area contributed by atoms with Crippen molar-refractivity contribution in [2.24, 2.45) is 7.05 Å². The van der Waals surface area contributed by atoms with E-state index in [9.17, 15) is 0 Å². The Kier molecular flexibility index (Phi) is 0.943. The molecular formula is C6H6N4. The summed E-state index contributed by atoms with van der Waals surface area (Å²) in [5.74, 6) is 0. The van der Waals surface area contributed by atoms with Crippen LogP contribution >= 0.6 is 0 Å². The molecule has 4 nitrogen and oxygen atoms in total. The maximum absolute atomic E-state index is 3.91. The second kappa shape index (κ2) is 1.76. The Balaban J connectivity index is 2.93. The third-order valence-corrected chi connectivity index (χ3v) is 1.41. The number of nitrogens with zero attached hydrogens (tertiary/aromatic N) is 4. The summed E-state index contributed by atoms with van der Waals surface area (Å²) < 4.78 is 1.72. The summed E-state index contributed by atoms with van der Waals surface area (Å²) in [5.41, 5.74) is 1.85. The van der Waals surface area contributed by atoms with Gasteiger partial charge in [0.15, 0.2) is 0 Å². The normalized spacial score (nSPS) is 10.5. The number of hydrogen-bond acceptors (Lipinski definition) is 3. The minimum atomic E-state index is 0.838. The van der Waals surface area contributed by atoms with Crippen LogP contribution in [0.2, 0.25) is 0 Å². The lowest BCUT2D eigenvalue weighted by Crippen LogP contribution is -1.88. The van der Waals surface area contributed by atoms with Gasteiger partial charge in [0.2, 0.25) is 0 Å². The first-order chi connectivity index (χ1) is 4.88. The van der Waals surface area contributed by atoms with Crippen LogP contribution in [0.25, 0.3) is 11.0 Å². The van der Waals surface area contributed by atoms with E-state index in [2.05, 4.69) is 15.3 Å². The van der Waals surface area contributed by atoms with Crippen LogP contribution in [0, 0.1) is 0 Å². The maximum atomic E-state index is 3.91. The van der Waals surface area contributed by atoms with Crippen molar-refractivity contribution in [2.75, 3.05) is 0 Å². The fourth-order valence-electron chi connectivity index (χ4n) is 0.893. The fourth-order valence-corrected chi connectivity index (χ4v) is 0.893. The third kappa shape index (κ3) is 0.586. The summed E-state index contributed by atoms with van der Waals surface area (Å²) >= 11 is 0. The number of hydrogen-bond donors (Lipinski definition) is 0. The van der Waals surface area contributed by atoms with E-state index in [0.29, 0.717) is 0 Å². The number of aromatic nitrogens is 4. The van der Waals surface area contributed by atoms with Gasteiger partial charge in [0.1, 0.15) is 5.52 Å². The molecule has 0 saturated carbocycles. The van der Waals surface area contributed by atoms with Crippen LogP contribution in [0.4, 0.5) is 0 Å². The van der Waals surface area contributed by atoms with Gasteiger partial charge in [-0.25, -0.2) is 4.68 Å². The van der Waals surface area contributed by atoms with Gasteiger partial charge in [0, 0.05) is 13.2 Å². The number of rotatable bonds is 0. The molecule has 0 spiro atoms. The summed E-state index contributed by atoms with van der Waals surface area (Å²) in [6, 6.07) is 1.88. The predicted octanol–water partition coefficient (Wildman–Crippen LogP) is 0.363. The highest BCUT2D eigenvalue weighted by Gasteiger charge is 1.96. The van der Waals surface area contributed by atoms with E-state index >= 15 is 0 Å². The Morgan fingerprint density at radius 3 is 3.20 bits per heavy atom. The van der Waals surface area contributed by atoms with Crippen molar-refractivity contribution in [1.82, 2.24) is 20.0 Å². The van der Waals surface area contributed by atoms with Gasteiger partial charge < -0.3 is 0 Å². The maximum Gasteiger partial charge on any atom is 0.131 e. The Morgan fingerprint density at radius 2 is 2.40 bits per heavy atom. The van der Waals surface area contributed by atoms with Crippen molar-refractivity contribution in [1.29, 1.82) is 0 Å². The Bertz CT molecular complexity index is 351. The van der Waals surface area contributed by atoms with Crippen LogP contribution in [0.3, 0.4) is 0 Å². The van der Waals surface area contributed by atoms with Crippen molar-refractivity contribution in [3.8, 4) is 0 Å². The molecule has 2 heterocycles. The molecule has 0 unspecified atom stereocenters. The van der Waals surface area contributed by atoms with E-state index in [1.54, 1.807) is 17.1 Å². The Hall–Kier alpha value is -1.45. The van der Waals surface area contributed by atoms with Crippen LogP contribution in [-0.2, 0) is 7.05 Å². The number of aryl methyl sites for hydroxylation is 1. The molecule has 2 rings (SSSR count). The Morgan fingerprint density at radius 1 is 1.50 bits per heavy atom. The van der Waals surface area contributed by atoms with E-state index in [0.717, 1.165) is 11.0 Å². The SMILES string of the molecule is Cn1nnc2cnccc21. The molecule has 0 atom stereocenters.